The van der Waals surface area contributed by atoms with Gasteiger partial charge in [-0.25, -0.2) is 4.79 Å². The largest absolute Gasteiger partial charge is 0.497 e. The molecule has 3 rings (SSSR count). The van der Waals surface area contributed by atoms with Gasteiger partial charge in [0.15, 0.2) is 0 Å². The first-order valence-electron chi connectivity index (χ1n) is 7.66. The van der Waals surface area contributed by atoms with E-state index in [9.17, 15) is 4.79 Å². The van der Waals surface area contributed by atoms with E-state index >= 15 is 0 Å². The Hall–Kier alpha value is -3.21. The van der Waals surface area contributed by atoms with Crippen LogP contribution in [0.4, 0.5) is 0 Å². The normalized spacial score (nSPS) is 14.9. The first kappa shape index (κ1) is 16.6. The van der Waals surface area contributed by atoms with Gasteiger partial charge in [0.25, 0.3) is 0 Å². The molecule has 2 aromatic carbocycles. The molecule has 0 fully saturated rings. The molecule has 2 aromatic rings. The lowest BCUT2D eigenvalue weighted by atomic mass is 10.1. The van der Waals surface area contributed by atoms with Crippen LogP contribution in [0.2, 0.25) is 0 Å². The topological polar surface area (TPSA) is 54.0 Å². The lowest BCUT2D eigenvalue weighted by Gasteiger charge is -2.07. The highest BCUT2D eigenvalue weighted by molar-refractivity contribution is 6.05. The lowest BCUT2D eigenvalue weighted by molar-refractivity contribution is -0.130. The van der Waals surface area contributed by atoms with Crippen molar-refractivity contribution < 1.29 is 23.7 Å². The Morgan fingerprint density at radius 1 is 0.880 bits per heavy atom. The van der Waals surface area contributed by atoms with Crippen molar-refractivity contribution in [2.45, 2.75) is 0 Å². The summed E-state index contributed by atoms with van der Waals surface area (Å²) >= 11 is 0. The quantitative estimate of drug-likeness (QED) is 0.615. The summed E-state index contributed by atoms with van der Waals surface area (Å²) in [5.74, 6) is 2.16. The van der Waals surface area contributed by atoms with E-state index in [2.05, 4.69) is 0 Å². The van der Waals surface area contributed by atoms with Gasteiger partial charge in [-0.05, 0) is 54.6 Å². The zero-order valence-corrected chi connectivity index (χ0v) is 14.2. The maximum atomic E-state index is 12.2. The molecule has 1 aliphatic rings. The van der Waals surface area contributed by atoms with E-state index in [1.807, 2.05) is 24.3 Å². The summed E-state index contributed by atoms with van der Waals surface area (Å²) < 4.78 is 21.1. The molecule has 0 saturated heterocycles. The third-order valence-corrected chi connectivity index (χ3v) is 3.85. The van der Waals surface area contributed by atoms with Crippen LogP contribution in [0, 0.1) is 0 Å². The molecular formula is C20H18O5. The van der Waals surface area contributed by atoms with Crippen molar-refractivity contribution in [3.8, 4) is 17.2 Å². The molecular weight excluding hydrogens is 320 g/mol. The lowest BCUT2D eigenvalue weighted by Crippen LogP contribution is -1.98. The summed E-state index contributed by atoms with van der Waals surface area (Å²) in [7, 11) is 4.77. The van der Waals surface area contributed by atoms with Gasteiger partial charge < -0.3 is 18.9 Å². The highest BCUT2D eigenvalue weighted by atomic mass is 16.5. The molecule has 5 heteroatoms. The number of carbonyl (C=O) groups excluding carboxylic acids is 1. The maximum absolute atomic E-state index is 12.2. The predicted molar refractivity (Wildman–Crippen MR) is 94.6 cm³/mol. The zero-order chi connectivity index (χ0) is 17.8. The van der Waals surface area contributed by atoms with E-state index < -0.39 is 5.97 Å². The highest BCUT2D eigenvalue weighted by Gasteiger charge is 2.22. The average Bonchev–Trinajstić information content (AvgIpc) is 3.02. The number of rotatable bonds is 5. The van der Waals surface area contributed by atoms with Crippen molar-refractivity contribution in [3.63, 3.8) is 0 Å². The molecule has 25 heavy (non-hydrogen) atoms. The highest BCUT2D eigenvalue weighted by Crippen LogP contribution is 2.31. The Morgan fingerprint density at radius 3 is 2.20 bits per heavy atom. The first-order chi connectivity index (χ1) is 12.1. The first-order valence-corrected chi connectivity index (χ1v) is 7.66. The molecule has 5 nitrogen and oxygen atoms in total. The maximum Gasteiger partial charge on any atom is 0.343 e. The van der Waals surface area contributed by atoms with Gasteiger partial charge in [-0.1, -0.05) is 0 Å². The minimum Gasteiger partial charge on any atom is -0.497 e. The predicted octanol–water partition coefficient (Wildman–Crippen LogP) is 3.69. The molecule has 0 atom stereocenters. The van der Waals surface area contributed by atoms with Gasteiger partial charge in [-0.2, -0.15) is 0 Å². The van der Waals surface area contributed by atoms with Crippen LogP contribution in [-0.2, 0) is 9.53 Å². The average molecular weight is 338 g/mol. The Bertz CT molecular complexity index is 847. The van der Waals surface area contributed by atoms with Crippen molar-refractivity contribution >= 4 is 17.8 Å². The molecule has 1 heterocycles. The number of methoxy groups -OCH3 is 3. The third-order valence-electron chi connectivity index (χ3n) is 3.85. The van der Waals surface area contributed by atoms with Crippen molar-refractivity contribution in [3.05, 3.63) is 65.2 Å². The van der Waals surface area contributed by atoms with Crippen LogP contribution in [0.25, 0.3) is 11.8 Å². The van der Waals surface area contributed by atoms with Crippen LogP contribution in [0.3, 0.4) is 0 Å². The summed E-state index contributed by atoms with van der Waals surface area (Å²) in [6, 6.07) is 12.7. The van der Waals surface area contributed by atoms with Crippen LogP contribution in [-0.4, -0.2) is 27.3 Å². The molecule has 0 N–H and O–H groups in total. The number of esters is 1. The molecule has 128 valence electrons. The fraction of sp³-hybridized carbons (Fsp3) is 0.150. The second-order valence-electron chi connectivity index (χ2n) is 5.33. The van der Waals surface area contributed by atoms with Gasteiger partial charge in [0.2, 0.25) is 0 Å². The monoisotopic (exact) mass is 338 g/mol. The Balaban J connectivity index is 1.95. The van der Waals surface area contributed by atoms with Gasteiger partial charge in [0.05, 0.1) is 26.9 Å². The summed E-state index contributed by atoms with van der Waals surface area (Å²) in [6.45, 7) is 0. The number of carbonyl (C=O) groups is 1. The molecule has 0 amide bonds. The van der Waals surface area contributed by atoms with Gasteiger partial charge >= 0.3 is 5.97 Å². The minimum atomic E-state index is -0.407. The summed E-state index contributed by atoms with van der Waals surface area (Å²) in [5.41, 5.74) is 1.98. The number of ether oxygens (including phenoxy) is 4. The van der Waals surface area contributed by atoms with Gasteiger partial charge in [-0.15, -0.1) is 0 Å². The number of hydrogen-bond donors (Lipinski definition) is 0. The number of hydrogen-bond acceptors (Lipinski definition) is 5. The van der Waals surface area contributed by atoms with Gasteiger partial charge in [0.1, 0.15) is 23.0 Å². The van der Waals surface area contributed by atoms with E-state index in [0.717, 1.165) is 16.9 Å². The van der Waals surface area contributed by atoms with Crippen molar-refractivity contribution in [1.29, 1.82) is 0 Å². The van der Waals surface area contributed by atoms with Crippen molar-refractivity contribution in [1.82, 2.24) is 0 Å². The zero-order valence-electron chi connectivity index (χ0n) is 14.2. The standard InChI is InChI=1S/C20H18O5/c1-22-16-6-4-13(5-7-16)19-12-15(20(21)25-19)10-14-11-17(23-2)8-9-18(14)24-3/h4-12H,1-3H3. The molecule has 0 aromatic heterocycles. The Kier molecular flexibility index (Phi) is 4.75. The Morgan fingerprint density at radius 2 is 1.56 bits per heavy atom. The molecule has 0 unspecified atom stereocenters. The molecule has 0 aliphatic carbocycles. The summed E-state index contributed by atoms with van der Waals surface area (Å²) in [4.78, 5) is 12.2. The van der Waals surface area contributed by atoms with Crippen LogP contribution in [0.1, 0.15) is 11.1 Å². The van der Waals surface area contributed by atoms with Crippen LogP contribution < -0.4 is 14.2 Å². The fourth-order valence-electron chi connectivity index (χ4n) is 2.51. The van der Waals surface area contributed by atoms with Crippen LogP contribution in [0.5, 0.6) is 17.2 Å². The smallest absolute Gasteiger partial charge is 0.343 e. The summed E-state index contributed by atoms with van der Waals surface area (Å²) in [5, 5.41) is 0. The van der Waals surface area contributed by atoms with E-state index in [1.165, 1.54) is 0 Å². The van der Waals surface area contributed by atoms with Crippen molar-refractivity contribution in [2.24, 2.45) is 0 Å². The second-order valence-corrected chi connectivity index (χ2v) is 5.33. The number of benzene rings is 2. The third kappa shape index (κ3) is 3.50. The van der Waals surface area contributed by atoms with E-state index in [4.69, 9.17) is 18.9 Å². The second kappa shape index (κ2) is 7.13. The molecule has 0 saturated carbocycles. The minimum absolute atomic E-state index is 0.407. The van der Waals surface area contributed by atoms with E-state index in [0.29, 0.717) is 22.8 Å². The summed E-state index contributed by atoms with van der Waals surface area (Å²) in [6.07, 6.45) is 3.43. The molecule has 0 bridgehead atoms. The molecule has 0 radical (unpaired) electrons. The number of cyclic esters (lactones) is 1. The Labute approximate surface area is 146 Å². The van der Waals surface area contributed by atoms with E-state index in [1.54, 1.807) is 51.7 Å². The van der Waals surface area contributed by atoms with Gasteiger partial charge in [-0.3, -0.25) is 0 Å². The van der Waals surface area contributed by atoms with Crippen LogP contribution in [0.15, 0.2) is 54.1 Å². The molecule has 0 spiro atoms. The fourth-order valence-corrected chi connectivity index (χ4v) is 2.51. The van der Waals surface area contributed by atoms with E-state index in [-0.39, 0.29) is 0 Å². The SMILES string of the molecule is COc1ccc(C2=CC(=Cc3cc(OC)ccc3OC)C(=O)O2)cc1. The van der Waals surface area contributed by atoms with Gasteiger partial charge in [0, 0.05) is 11.1 Å². The molecule has 1 aliphatic heterocycles. The van der Waals surface area contributed by atoms with Crippen LogP contribution >= 0.6 is 0 Å². The van der Waals surface area contributed by atoms with Crippen molar-refractivity contribution in [2.75, 3.05) is 21.3 Å².